The number of aliphatic hydroxyl groups is 1. The Hall–Kier alpha value is -3.59. The maximum absolute atomic E-state index is 12.4. The van der Waals surface area contributed by atoms with Crippen LogP contribution in [-0.2, 0) is 11.2 Å². The number of hydrogen-bond acceptors (Lipinski definition) is 8. The summed E-state index contributed by atoms with van der Waals surface area (Å²) in [6, 6.07) is 11.0. The van der Waals surface area contributed by atoms with Crippen molar-refractivity contribution in [3.05, 3.63) is 48.2 Å². The highest BCUT2D eigenvalue weighted by Crippen LogP contribution is 2.35. The van der Waals surface area contributed by atoms with Gasteiger partial charge in [0, 0.05) is 24.8 Å². The number of anilines is 1. The summed E-state index contributed by atoms with van der Waals surface area (Å²) in [6.45, 7) is 1.38. The quantitative estimate of drug-likeness (QED) is 0.539. The van der Waals surface area contributed by atoms with E-state index in [1.54, 1.807) is 36.4 Å². The second-order valence-corrected chi connectivity index (χ2v) is 8.42. The van der Waals surface area contributed by atoms with E-state index in [0.717, 1.165) is 29.4 Å². The number of methoxy groups -OCH3 is 1. The largest absolute Gasteiger partial charge is 0.486 e. The van der Waals surface area contributed by atoms with Gasteiger partial charge in [-0.15, -0.1) is 0 Å². The summed E-state index contributed by atoms with van der Waals surface area (Å²) in [4.78, 5) is 22.9. The smallest absolute Gasteiger partial charge is 0.414 e. The van der Waals surface area contributed by atoms with Crippen LogP contribution in [-0.4, -0.2) is 60.2 Å². The van der Waals surface area contributed by atoms with Gasteiger partial charge in [-0.2, -0.15) is 0 Å². The summed E-state index contributed by atoms with van der Waals surface area (Å²) < 4.78 is 21.9. The SMILES string of the molecule is COc1ccc2nccc(CCC[C@H](O)C[C@@H]3CN(c4ccc5c(c4)OCCO5)C(=O)O3)c2n1. The molecule has 178 valence electrons. The number of carbonyl (C=O) groups excluding carboxylic acids is 1. The number of cyclic esters (lactones) is 1. The Kier molecular flexibility index (Phi) is 6.35. The number of amides is 1. The van der Waals surface area contributed by atoms with E-state index in [4.69, 9.17) is 18.9 Å². The Labute approximate surface area is 197 Å². The standard InChI is InChI=1S/C25H27N3O6/c1-31-23-8-6-20-24(27-23)16(9-10-26-20)3-2-4-18(29)14-19-15-28(25(30)34-19)17-5-7-21-22(13-17)33-12-11-32-21/h5-10,13,18-19,29H,2-4,11-12,14-15H2,1H3/t18-,19+/m0/s1. The van der Waals surface area contributed by atoms with Crippen LogP contribution in [0.1, 0.15) is 24.8 Å². The molecule has 0 aliphatic carbocycles. The number of pyridine rings is 2. The zero-order chi connectivity index (χ0) is 23.5. The first-order valence-corrected chi connectivity index (χ1v) is 11.4. The molecule has 2 aromatic heterocycles. The molecule has 1 amide bonds. The monoisotopic (exact) mass is 465 g/mol. The summed E-state index contributed by atoms with van der Waals surface area (Å²) in [5.74, 6) is 1.84. The lowest BCUT2D eigenvalue weighted by molar-refractivity contribution is 0.0792. The number of aryl methyl sites for hydroxylation is 1. The van der Waals surface area contributed by atoms with Crippen LogP contribution in [0.15, 0.2) is 42.6 Å². The summed E-state index contributed by atoms with van der Waals surface area (Å²) in [6.07, 6.45) is 2.90. The lowest BCUT2D eigenvalue weighted by Crippen LogP contribution is -2.26. The molecule has 1 saturated heterocycles. The van der Waals surface area contributed by atoms with E-state index in [1.807, 2.05) is 18.2 Å². The van der Waals surface area contributed by atoms with E-state index in [2.05, 4.69) is 9.97 Å². The van der Waals surface area contributed by atoms with E-state index >= 15 is 0 Å². The number of aliphatic hydroxyl groups excluding tert-OH is 1. The minimum absolute atomic E-state index is 0.372. The van der Waals surface area contributed by atoms with Crippen molar-refractivity contribution in [1.82, 2.24) is 9.97 Å². The topological polar surface area (TPSA) is 103 Å². The number of nitrogens with zero attached hydrogens (tertiary/aromatic N) is 3. The first-order valence-electron chi connectivity index (χ1n) is 11.4. The van der Waals surface area contributed by atoms with Gasteiger partial charge < -0.3 is 24.1 Å². The van der Waals surface area contributed by atoms with Gasteiger partial charge in [0.25, 0.3) is 0 Å². The molecule has 2 atom stereocenters. The molecule has 0 spiro atoms. The molecule has 1 fully saturated rings. The molecule has 34 heavy (non-hydrogen) atoms. The second kappa shape index (κ2) is 9.72. The second-order valence-electron chi connectivity index (χ2n) is 8.42. The predicted molar refractivity (Wildman–Crippen MR) is 125 cm³/mol. The van der Waals surface area contributed by atoms with Gasteiger partial charge in [-0.3, -0.25) is 9.88 Å². The summed E-state index contributed by atoms with van der Waals surface area (Å²) in [5.41, 5.74) is 3.39. The first kappa shape index (κ1) is 22.2. The molecule has 9 nitrogen and oxygen atoms in total. The maximum Gasteiger partial charge on any atom is 0.414 e. The van der Waals surface area contributed by atoms with Crippen LogP contribution in [0.3, 0.4) is 0 Å². The van der Waals surface area contributed by atoms with E-state index in [0.29, 0.717) is 55.7 Å². The minimum Gasteiger partial charge on any atom is -0.486 e. The van der Waals surface area contributed by atoms with Crippen LogP contribution in [0.2, 0.25) is 0 Å². The van der Waals surface area contributed by atoms with E-state index in [1.165, 1.54) is 0 Å². The fourth-order valence-electron chi connectivity index (χ4n) is 4.38. The molecule has 1 aromatic carbocycles. The third kappa shape index (κ3) is 4.70. The third-order valence-corrected chi connectivity index (χ3v) is 6.08. The van der Waals surface area contributed by atoms with E-state index in [-0.39, 0.29) is 6.10 Å². The van der Waals surface area contributed by atoms with E-state index in [9.17, 15) is 9.90 Å². The van der Waals surface area contributed by atoms with Crippen molar-refractivity contribution in [3.63, 3.8) is 0 Å². The fraction of sp³-hybridized carbons (Fsp3) is 0.400. The maximum atomic E-state index is 12.4. The molecule has 0 bridgehead atoms. The number of carbonyl (C=O) groups is 1. The number of aromatic nitrogens is 2. The zero-order valence-corrected chi connectivity index (χ0v) is 19.0. The van der Waals surface area contributed by atoms with Gasteiger partial charge in [0.2, 0.25) is 5.88 Å². The van der Waals surface area contributed by atoms with Crippen LogP contribution in [0.4, 0.5) is 10.5 Å². The molecule has 2 aliphatic rings. The number of ether oxygens (including phenoxy) is 4. The van der Waals surface area contributed by atoms with Crippen LogP contribution in [0.25, 0.3) is 11.0 Å². The highest BCUT2D eigenvalue weighted by Gasteiger charge is 2.34. The van der Waals surface area contributed by atoms with Crippen LogP contribution in [0.5, 0.6) is 17.4 Å². The Balaban J connectivity index is 1.15. The minimum atomic E-state index is -0.575. The van der Waals surface area contributed by atoms with Crippen molar-refractivity contribution < 1.29 is 28.8 Å². The van der Waals surface area contributed by atoms with Gasteiger partial charge in [0.1, 0.15) is 19.3 Å². The highest BCUT2D eigenvalue weighted by molar-refractivity contribution is 5.90. The Morgan fingerprint density at radius 3 is 2.88 bits per heavy atom. The van der Waals surface area contributed by atoms with Gasteiger partial charge in [-0.05, 0) is 49.1 Å². The average Bonchev–Trinajstić information content (AvgIpc) is 3.23. The molecule has 1 N–H and O–H groups in total. The van der Waals surface area contributed by atoms with Crippen LogP contribution in [0, 0.1) is 0 Å². The van der Waals surface area contributed by atoms with Gasteiger partial charge >= 0.3 is 6.09 Å². The predicted octanol–water partition coefficient (Wildman–Crippen LogP) is 3.51. The molecule has 4 heterocycles. The molecular weight excluding hydrogens is 438 g/mol. The number of benzene rings is 1. The Morgan fingerprint density at radius 2 is 2.03 bits per heavy atom. The van der Waals surface area contributed by atoms with Crippen molar-refractivity contribution in [2.75, 3.05) is 31.8 Å². The van der Waals surface area contributed by atoms with Crippen molar-refractivity contribution in [3.8, 4) is 17.4 Å². The number of fused-ring (bicyclic) bond motifs is 2. The van der Waals surface area contributed by atoms with Gasteiger partial charge in [-0.1, -0.05) is 0 Å². The van der Waals surface area contributed by atoms with E-state index < -0.39 is 12.2 Å². The van der Waals surface area contributed by atoms with Gasteiger partial charge in [0.15, 0.2) is 11.5 Å². The highest BCUT2D eigenvalue weighted by atomic mass is 16.6. The normalized spacial score (nSPS) is 18.1. The molecular formula is C25H27N3O6. The fourth-order valence-corrected chi connectivity index (χ4v) is 4.38. The van der Waals surface area contributed by atoms with Gasteiger partial charge in [0.05, 0.1) is 36.5 Å². The van der Waals surface area contributed by atoms with Crippen molar-refractivity contribution in [2.24, 2.45) is 0 Å². The summed E-state index contributed by atoms with van der Waals surface area (Å²) in [5, 5.41) is 10.6. The molecule has 5 rings (SSSR count). The Bertz CT molecular complexity index is 1190. The summed E-state index contributed by atoms with van der Waals surface area (Å²) in [7, 11) is 1.59. The molecule has 9 heteroatoms. The van der Waals surface area contributed by atoms with Crippen molar-refractivity contribution in [2.45, 2.75) is 37.9 Å². The number of hydrogen-bond donors (Lipinski definition) is 1. The lowest BCUT2D eigenvalue weighted by atomic mass is 10.0. The van der Waals surface area contributed by atoms with Crippen LogP contribution < -0.4 is 19.1 Å². The molecule has 2 aliphatic heterocycles. The van der Waals surface area contributed by atoms with Gasteiger partial charge in [-0.25, -0.2) is 9.78 Å². The average molecular weight is 466 g/mol. The first-order chi connectivity index (χ1) is 16.6. The lowest BCUT2D eigenvalue weighted by Gasteiger charge is -2.21. The molecule has 3 aromatic rings. The molecule has 0 unspecified atom stereocenters. The van der Waals surface area contributed by atoms with Crippen molar-refractivity contribution in [1.29, 1.82) is 0 Å². The zero-order valence-electron chi connectivity index (χ0n) is 19.0. The molecule has 0 radical (unpaired) electrons. The third-order valence-electron chi connectivity index (χ3n) is 6.08. The number of rotatable bonds is 8. The van der Waals surface area contributed by atoms with Crippen LogP contribution >= 0.6 is 0 Å². The van der Waals surface area contributed by atoms with Crippen molar-refractivity contribution >= 4 is 22.8 Å². The molecule has 0 saturated carbocycles. The summed E-state index contributed by atoms with van der Waals surface area (Å²) >= 11 is 0. The Morgan fingerprint density at radius 1 is 1.18 bits per heavy atom.